The number of hydrogen-bond acceptors (Lipinski definition) is 5. The zero-order chi connectivity index (χ0) is 24.1. The third-order valence-electron chi connectivity index (χ3n) is 7.89. The van der Waals surface area contributed by atoms with E-state index in [1.807, 2.05) is 12.1 Å². The Morgan fingerprint density at radius 1 is 0.829 bits per heavy atom. The normalized spacial score (nSPS) is 20.0. The number of thiocarbonyl (C=S) groups is 1. The molecule has 0 radical (unpaired) electrons. The SMILES string of the molecule is S=C(NCC1(c2ccc(Cl)cc2)CCCC1)Nc1nc(N2CCCCCC2)cc(N2CCCC2)n1. The summed E-state index contributed by atoms with van der Waals surface area (Å²) >= 11 is 11.9. The molecule has 1 aromatic heterocycles. The number of benzene rings is 1. The van der Waals surface area contributed by atoms with Crippen molar-refractivity contribution >= 4 is 46.5 Å². The molecule has 8 heteroatoms. The van der Waals surface area contributed by atoms with Crippen LogP contribution in [0.5, 0.6) is 0 Å². The lowest BCUT2D eigenvalue weighted by Gasteiger charge is -2.30. The molecule has 2 aliphatic heterocycles. The van der Waals surface area contributed by atoms with Gasteiger partial charge in [-0.3, -0.25) is 0 Å². The van der Waals surface area contributed by atoms with E-state index in [2.05, 4.69) is 38.6 Å². The molecule has 188 valence electrons. The Labute approximate surface area is 219 Å². The molecule has 0 unspecified atom stereocenters. The molecule has 0 spiro atoms. The summed E-state index contributed by atoms with van der Waals surface area (Å²) in [5.41, 5.74) is 1.43. The first-order chi connectivity index (χ1) is 17.1. The lowest BCUT2D eigenvalue weighted by atomic mass is 9.79. The number of nitrogens with one attached hydrogen (secondary N) is 2. The highest BCUT2D eigenvalue weighted by Crippen LogP contribution is 2.41. The van der Waals surface area contributed by atoms with Crippen LogP contribution in [0.1, 0.15) is 69.8 Å². The molecule has 0 bridgehead atoms. The lowest BCUT2D eigenvalue weighted by molar-refractivity contribution is 0.435. The first kappa shape index (κ1) is 24.6. The molecule has 6 nitrogen and oxygen atoms in total. The van der Waals surface area contributed by atoms with Crippen LogP contribution in [0.3, 0.4) is 0 Å². The molecule has 2 aromatic rings. The summed E-state index contributed by atoms with van der Waals surface area (Å²) in [4.78, 5) is 14.6. The molecular weight excluding hydrogens is 476 g/mol. The highest BCUT2D eigenvalue weighted by Gasteiger charge is 2.35. The molecule has 3 heterocycles. The van der Waals surface area contributed by atoms with Gasteiger partial charge in [-0.05, 0) is 68.4 Å². The van der Waals surface area contributed by atoms with Gasteiger partial charge in [0.25, 0.3) is 0 Å². The Bertz CT molecular complexity index is 993. The first-order valence-electron chi connectivity index (χ1n) is 13.3. The van der Waals surface area contributed by atoms with Crippen molar-refractivity contribution in [2.24, 2.45) is 0 Å². The average Bonchev–Trinajstić information content (AvgIpc) is 3.51. The third kappa shape index (κ3) is 6.00. The third-order valence-corrected chi connectivity index (χ3v) is 8.39. The van der Waals surface area contributed by atoms with Gasteiger partial charge in [0.2, 0.25) is 5.95 Å². The van der Waals surface area contributed by atoms with Crippen molar-refractivity contribution in [1.82, 2.24) is 15.3 Å². The summed E-state index contributed by atoms with van der Waals surface area (Å²) in [5.74, 6) is 2.62. The molecule has 3 fully saturated rings. The maximum atomic E-state index is 6.15. The molecule has 1 saturated carbocycles. The van der Waals surface area contributed by atoms with Crippen molar-refractivity contribution in [3.05, 3.63) is 40.9 Å². The van der Waals surface area contributed by atoms with Gasteiger partial charge in [-0.25, -0.2) is 0 Å². The van der Waals surface area contributed by atoms with Gasteiger partial charge in [-0.15, -0.1) is 0 Å². The molecule has 2 saturated heterocycles. The van der Waals surface area contributed by atoms with Crippen LogP contribution < -0.4 is 20.4 Å². The van der Waals surface area contributed by atoms with Crippen molar-refractivity contribution in [3.63, 3.8) is 0 Å². The maximum Gasteiger partial charge on any atom is 0.232 e. The Hall–Kier alpha value is -2.12. The number of hydrogen-bond donors (Lipinski definition) is 2. The average molecular weight is 513 g/mol. The van der Waals surface area contributed by atoms with Gasteiger partial charge in [0.15, 0.2) is 5.11 Å². The summed E-state index contributed by atoms with van der Waals surface area (Å²) < 4.78 is 0. The Balaban J connectivity index is 1.30. The molecular formula is C27H37ClN6S. The highest BCUT2D eigenvalue weighted by molar-refractivity contribution is 7.80. The van der Waals surface area contributed by atoms with E-state index in [4.69, 9.17) is 33.8 Å². The smallest absolute Gasteiger partial charge is 0.232 e. The topological polar surface area (TPSA) is 56.3 Å². The predicted octanol–water partition coefficient (Wildman–Crippen LogP) is 5.91. The van der Waals surface area contributed by atoms with E-state index in [1.165, 1.54) is 56.9 Å². The van der Waals surface area contributed by atoms with Crippen LogP contribution in [0, 0.1) is 0 Å². The standard InChI is InChI=1S/C27H37ClN6S/c28-22-11-9-21(10-12-22)27(13-3-4-14-27)20-29-26(35)32-25-30-23(33-15-5-1-2-6-16-33)19-24(31-25)34-17-7-8-18-34/h9-12,19H,1-8,13-18,20H2,(H2,29,30,31,32,35). The van der Waals surface area contributed by atoms with Crippen LogP contribution in [0.4, 0.5) is 17.6 Å². The van der Waals surface area contributed by atoms with Crippen LogP contribution in [-0.4, -0.2) is 47.8 Å². The van der Waals surface area contributed by atoms with Crippen molar-refractivity contribution in [2.45, 2.75) is 69.6 Å². The van der Waals surface area contributed by atoms with E-state index < -0.39 is 0 Å². The second kappa shape index (κ2) is 11.3. The zero-order valence-electron chi connectivity index (χ0n) is 20.6. The Kier molecular flexibility index (Phi) is 7.93. The molecule has 0 amide bonds. The van der Waals surface area contributed by atoms with Crippen LogP contribution in [0.25, 0.3) is 0 Å². The number of aromatic nitrogens is 2. The predicted molar refractivity (Wildman–Crippen MR) is 150 cm³/mol. The van der Waals surface area contributed by atoms with Crippen LogP contribution in [0.15, 0.2) is 30.3 Å². The number of anilines is 3. The van der Waals surface area contributed by atoms with Gasteiger partial charge in [0.05, 0.1) is 0 Å². The lowest BCUT2D eigenvalue weighted by Crippen LogP contribution is -2.41. The Morgan fingerprint density at radius 3 is 1.94 bits per heavy atom. The van der Waals surface area contributed by atoms with Crippen molar-refractivity contribution in [1.29, 1.82) is 0 Å². The minimum Gasteiger partial charge on any atom is -0.361 e. The minimum absolute atomic E-state index is 0.0891. The maximum absolute atomic E-state index is 6.15. The summed E-state index contributed by atoms with van der Waals surface area (Å²) in [6, 6.07) is 10.5. The van der Waals surface area contributed by atoms with Gasteiger partial charge in [-0.2, -0.15) is 9.97 Å². The van der Waals surface area contributed by atoms with E-state index in [1.54, 1.807) is 0 Å². The Morgan fingerprint density at radius 2 is 1.37 bits per heavy atom. The summed E-state index contributed by atoms with van der Waals surface area (Å²) in [6.45, 7) is 5.03. The van der Waals surface area contributed by atoms with Crippen molar-refractivity contribution in [2.75, 3.05) is 47.8 Å². The molecule has 3 aliphatic rings. The first-order valence-corrected chi connectivity index (χ1v) is 14.1. The monoisotopic (exact) mass is 512 g/mol. The van der Waals surface area contributed by atoms with Gasteiger partial charge in [-0.1, -0.05) is 49.4 Å². The van der Waals surface area contributed by atoms with E-state index in [-0.39, 0.29) is 5.41 Å². The summed E-state index contributed by atoms with van der Waals surface area (Å²) in [6.07, 6.45) is 12.3. The van der Waals surface area contributed by atoms with E-state index in [9.17, 15) is 0 Å². The van der Waals surface area contributed by atoms with Crippen molar-refractivity contribution < 1.29 is 0 Å². The van der Waals surface area contributed by atoms with Crippen LogP contribution in [0.2, 0.25) is 5.02 Å². The van der Waals surface area contributed by atoms with E-state index >= 15 is 0 Å². The molecule has 2 N–H and O–H groups in total. The fourth-order valence-electron chi connectivity index (χ4n) is 5.87. The zero-order valence-corrected chi connectivity index (χ0v) is 22.1. The largest absolute Gasteiger partial charge is 0.361 e. The fraction of sp³-hybridized carbons (Fsp3) is 0.593. The molecule has 1 aromatic carbocycles. The molecule has 1 aliphatic carbocycles. The number of rotatable bonds is 6. The number of nitrogens with zero attached hydrogens (tertiary/aromatic N) is 4. The van der Waals surface area contributed by atoms with Crippen LogP contribution in [-0.2, 0) is 5.41 Å². The molecule has 0 atom stereocenters. The van der Waals surface area contributed by atoms with Gasteiger partial charge < -0.3 is 20.4 Å². The summed E-state index contributed by atoms with van der Waals surface area (Å²) in [5, 5.41) is 8.20. The van der Waals surface area contributed by atoms with Gasteiger partial charge >= 0.3 is 0 Å². The number of halogens is 1. The van der Waals surface area contributed by atoms with E-state index in [0.717, 1.165) is 62.2 Å². The fourth-order valence-corrected chi connectivity index (χ4v) is 6.16. The highest BCUT2D eigenvalue weighted by atomic mass is 35.5. The van der Waals surface area contributed by atoms with Crippen molar-refractivity contribution in [3.8, 4) is 0 Å². The van der Waals surface area contributed by atoms with E-state index in [0.29, 0.717) is 11.1 Å². The quantitative estimate of drug-likeness (QED) is 0.466. The van der Waals surface area contributed by atoms with Gasteiger partial charge in [0, 0.05) is 49.2 Å². The minimum atomic E-state index is 0.0891. The van der Waals surface area contributed by atoms with Gasteiger partial charge in [0.1, 0.15) is 11.6 Å². The summed E-state index contributed by atoms with van der Waals surface area (Å²) in [7, 11) is 0. The second-order valence-electron chi connectivity index (χ2n) is 10.3. The molecule has 35 heavy (non-hydrogen) atoms. The molecule has 5 rings (SSSR count). The van der Waals surface area contributed by atoms with Crippen LogP contribution >= 0.6 is 23.8 Å². The second-order valence-corrected chi connectivity index (χ2v) is 11.2.